The maximum absolute atomic E-state index is 4.94. The van der Waals surface area contributed by atoms with E-state index in [9.17, 15) is 0 Å². The molecule has 0 fully saturated rings. The normalized spacial score (nSPS) is 10.7. The average Bonchev–Trinajstić information content (AvgIpc) is 1.85. The fraction of sp³-hybridized carbons (Fsp3) is 0.875. The van der Waals surface area contributed by atoms with Gasteiger partial charge in [-0.3, -0.25) is 0 Å². The van der Waals surface area contributed by atoms with Gasteiger partial charge in [0.05, 0.1) is 0 Å². The third-order valence-electron chi connectivity index (χ3n) is 1.41. The lowest BCUT2D eigenvalue weighted by molar-refractivity contribution is 0.196. The molecule has 55 valence electrons. The summed E-state index contributed by atoms with van der Waals surface area (Å²) >= 11 is 0. The molecule has 0 spiro atoms. The van der Waals surface area contributed by atoms with E-state index in [1.807, 2.05) is 0 Å². The predicted octanol–water partition coefficient (Wildman–Crippen LogP) is 2.42. The number of hydrogen-bond donors (Lipinski definition) is 0. The molecule has 0 aliphatic rings. The molecule has 9 heavy (non-hydrogen) atoms. The van der Waals surface area contributed by atoms with E-state index in [1.54, 1.807) is 13.0 Å². The van der Waals surface area contributed by atoms with Crippen molar-refractivity contribution < 1.29 is 4.74 Å². The highest BCUT2D eigenvalue weighted by atomic mass is 16.5. The van der Waals surface area contributed by atoms with E-state index in [0.29, 0.717) is 0 Å². The quantitative estimate of drug-likeness (QED) is 0.554. The van der Waals surface area contributed by atoms with Crippen molar-refractivity contribution in [3.8, 4) is 0 Å². The van der Waals surface area contributed by atoms with Crippen molar-refractivity contribution >= 4 is 0 Å². The zero-order chi connectivity index (χ0) is 7.11. The van der Waals surface area contributed by atoms with Crippen molar-refractivity contribution in [3.05, 3.63) is 5.92 Å². The average molecular weight is 129 g/mol. The summed E-state index contributed by atoms with van der Waals surface area (Å²) in [5.41, 5.74) is 0. The maximum Gasteiger partial charge on any atom is 0.0467 e. The second kappa shape index (κ2) is 6.09. The molecule has 0 aliphatic carbocycles. The van der Waals surface area contributed by atoms with Crippen LogP contribution in [0, 0.1) is 5.92 Å². The summed E-state index contributed by atoms with van der Waals surface area (Å²) in [5.74, 6) is 1.55. The minimum Gasteiger partial charge on any atom is -0.385 e. The fourth-order valence-electron chi connectivity index (χ4n) is 0.828. The highest BCUT2D eigenvalue weighted by molar-refractivity contribution is 4.82. The topological polar surface area (TPSA) is 9.23 Å². The van der Waals surface area contributed by atoms with Crippen LogP contribution in [0.25, 0.3) is 0 Å². The summed E-state index contributed by atoms with van der Waals surface area (Å²) in [5, 5.41) is 0. The molecule has 0 aromatic heterocycles. The molecule has 1 heteroatoms. The molecule has 0 rings (SSSR count). The van der Waals surface area contributed by atoms with Gasteiger partial charge in [-0.2, -0.15) is 0 Å². The van der Waals surface area contributed by atoms with Crippen molar-refractivity contribution in [2.75, 3.05) is 13.7 Å². The Kier molecular flexibility index (Phi) is 6.06. The summed E-state index contributed by atoms with van der Waals surface area (Å²) in [7, 11) is 1.75. The molecule has 0 amide bonds. The van der Waals surface area contributed by atoms with Crippen LogP contribution in [0.1, 0.15) is 33.1 Å². The Morgan fingerprint density at radius 2 is 2.00 bits per heavy atom. The van der Waals surface area contributed by atoms with E-state index in [-0.39, 0.29) is 0 Å². The minimum absolute atomic E-state index is 0.881. The van der Waals surface area contributed by atoms with E-state index in [1.165, 1.54) is 12.8 Å². The third kappa shape index (κ3) is 5.84. The maximum atomic E-state index is 4.94. The Morgan fingerprint density at radius 3 is 2.44 bits per heavy atom. The van der Waals surface area contributed by atoms with Crippen molar-refractivity contribution in [2.45, 2.75) is 33.1 Å². The first-order valence-corrected chi connectivity index (χ1v) is 3.61. The summed E-state index contributed by atoms with van der Waals surface area (Å²) in [4.78, 5) is 0. The van der Waals surface area contributed by atoms with Gasteiger partial charge in [-0.05, 0) is 18.8 Å². The smallest absolute Gasteiger partial charge is 0.0467 e. The number of methoxy groups -OCH3 is 1. The van der Waals surface area contributed by atoms with Crippen LogP contribution in [0.2, 0.25) is 0 Å². The van der Waals surface area contributed by atoms with Crippen LogP contribution in [-0.2, 0) is 4.74 Å². The largest absolute Gasteiger partial charge is 0.385 e. The Morgan fingerprint density at radius 1 is 1.33 bits per heavy atom. The Labute approximate surface area is 58.4 Å². The van der Waals surface area contributed by atoms with Crippen LogP contribution in [0.15, 0.2) is 0 Å². The molecular weight excluding hydrogens is 112 g/mol. The summed E-state index contributed by atoms with van der Waals surface area (Å²) < 4.78 is 4.94. The number of rotatable bonds is 5. The molecule has 0 heterocycles. The van der Waals surface area contributed by atoms with E-state index in [2.05, 4.69) is 13.8 Å². The first-order valence-electron chi connectivity index (χ1n) is 3.61. The third-order valence-corrected chi connectivity index (χ3v) is 1.41. The molecule has 0 atom stereocenters. The highest BCUT2D eigenvalue weighted by Crippen LogP contribution is 2.11. The molecule has 0 aromatic carbocycles. The van der Waals surface area contributed by atoms with Crippen LogP contribution in [0.4, 0.5) is 0 Å². The molecule has 0 saturated heterocycles. The fourth-order valence-corrected chi connectivity index (χ4v) is 0.828. The van der Waals surface area contributed by atoms with E-state index in [4.69, 9.17) is 4.74 Å². The van der Waals surface area contributed by atoms with Gasteiger partial charge >= 0.3 is 0 Å². The van der Waals surface area contributed by atoms with Crippen LogP contribution < -0.4 is 0 Å². The lowest BCUT2D eigenvalue weighted by Crippen LogP contribution is -1.96. The monoisotopic (exact) mass is 129 g/mol. The van der Waals surface area contributed by atoms with E-state index >= 15 is 0 Å². The van der Waals surface area contributed by atoms with Gasteiger partial charge in [0.25, 0.3) is 0 Å². The van der Waals surface area contributed by atoms with Gasteiger partial charge in [0.2, 0.25) is 0 Å². The Balaban J connectivity index is 2.95. The lowest BCUT2D eigenvalue weighted by Gasteiger charge is -2.06. The Bertz CT molecular complexity index is 52.5. The lowest BCUT2D eigenvalue weighted by atomic mass is 10.0. The van der Waals surface area contributed by atoms with Gasteiger partial charge in [0.1, 0.15) is 0 Å². The van der Waals surface area contributed by atoms with E-state index in [0.717, 1.165) is 13.0 Å². The second-order valence-corrected chi connectivity index (χ2v) is 2.45. The van der Waals surface area contributed by atoms with E-state index < -0.39 is 0 Å². The van der Waals surface area contributed by atoms with Crippen molar-refractivity contribution in [1.82, 2.24) is 0 Å². The van der Waals surface area contributed by atoms with Crippen LogP contribution in [0.5, 0.6) is 0 Å². The van der Waals surface area contributed by atoms with Crippen molar-refractivity contribution in [3.63, 3.8) is 0 Å². The molecule has 0 N–H and O–H groups in total. The SMILES string of the molecule is CCC[C](C)CCOC. The van der Waals surface area contributed by atoms with Crippen molar-refractivity contribution in [1.29, 1.82) is 0 Å². The number of ether oxygens (including phenoxy) is 1. The van der Waals surface area contributed by atoms with Gasteiger partial charge in [-0.25, -0.2) is 0 Å². The molecule has 0 bridgehead atoms. The van der Waals surface area contributed by atoms with Gasteiger partial charge in [0, 0.05) is 13.7 Å². The molecular formula is C8H17O. The molecule has 1 radical (unpaired) electrons. The highest BCUT2D eigenvalue weighted by Gasteiger charge is 1.98. The van der Waals surface area contributed by atoms with Crippen molar-refractivity contribution in [2.24, 2.45) is 0 Å². The van der Waals surface area contributed by atoms with Gasteiger partial charge < -0.3 is 4.74 Å². The summed E-state index contributed by atoms with van der Waals surface area (Å²) in [6, 6.07) is 0. The second-order valence-electron chi connectivity index (χ2n) is 2.45. The van der Waals surface area contributed by atoms with Gasteiger partial charge in [-0.1, -0.05) is 20.3 Å². The zero-order valence-electron chi connectivity index (χ0n) is 6.74. The number of hydrogen-bond acceptors (Lipinski definition) is 1. The van der Waals surface area contributed by atoms with Gasteiger partial charge in [0.15, 0.2) is 0 Å². The van der Waals surface area contributed by atoms with Gasteiger partial charge in [-0.15, -0.1) is 0 Å². The predicted molar refractivity (Wildman–Crippen MR) is 40.3 cm³/mol. The summed E-state index contributed by atoms with van der Waals surface area (Å²) in [6.45, 7) is 5.28. The summed E-state index contributed by atoms with van der Waals surface area (Å²) in [6.07, 6.45) is 3.64. The standard InChI is InChI=1S/C8H17O/c1-4-5-8(2)6-7-9-3/h4-7H2,1-3H3. The minimum atomic E-state index is 0.881. The first-order chi connectivity index (χ1) is 4.31. The zero-order valence-corrected chi connectivity index (χ0v) is 6.74. The molecule has 0 saturated carbocycles. The van der Waals surface area contributed by atoms with Crippen LogP contribution >= 0.6 is 0 Å². The molecule has 1 nitrogen and oxygen atoms in total. The molecule has 0 unspecified atom stereocenters. The molecule has 0 aromatic rings. The molecule has 0 aliphatic heterocycles. The Hall–Kier alpha value is -0.0400. The van der Waals surface area contributed by atoms with Crippen LogP contribution in [0.3, 0.4) is 0 Å². The van der Waals surface area contributed by atoms with Crippen LogP contribution in [-0.4, -0.2) is 13.7 Å². The first kappa shape index (κ1) is 8.96.